The van der Waals surface area contributed by atoms with E-state index in [0.717, 1.165) is 12.0 Å². The first-order valence-electron chi connectivity index (χ1n) is 9.13. The molecule has 160 valence electrons. The number of esters is 1. The number of ether oxygens (including phenoxy) is 4. The monoisotopic (exact) mass is 423 g/mol. The van der Waals surface area contributed by atoms with Crippen LogP contribution in [0.15, 0.2) is 42.5 Å². The summed E-state index contributed by atoms with van der Waals surface area (Å²) < 4.78 is 21.7. The fraction of sp³-hybridized carbons (Fsp3) is 0.409. The SMILES string of the molecule is CCC(COC(=O)c1cc(OC)c(OC)c(OC)c1)(c1ccccc1)N(C)C.Cl. The third-order valence-corrected chi connectivity index (χ3v) is 5.09. The maximum Gasteiger partial charge on any atom is 0.338 e. The quantitative estimate of drug-likeness (QED) is 0.564. The van der Waals surface area contributed by atoms with Crippen LogP contribution in [0.2, 0.25) is 0 Å². The third kappa shape index (κ3) is 5.14. The lowest BCUT2D eigenvalue weighted by Gasteiger charge is -2.39. The van der Waals surface area contributed by atoms with E-state index in [1.165, 1.54) is 21.3 Å². The topological polar surface area (TPSA) is 57.2 Å². The molecule has 0 aliphatic heterocycles. The van der Waals surface area contributed by atoms with E-state index in [9.17, 15) is 4.79 Å². The van der Waals surface area contributed by atoms with Gasteiger partial charge >= 0.3 is 5.97 Å². The molecule has 0 aliphatic carbocycles. The average molecular weight is 424 g/mol. The van der Waals surface area contributed by atoms with E-state index in [-0.39, 0.29) is 19.0 Å². The van der Waals surface area contributed by atoms with Gasteiger partial charge in [0.2, 0.25) is 5.75 Å². The molecule has 0 N–H and O–H groups in total. The Balaban J connectivity index is 0.00000420. The van der Waals surface area contributed by atoms with Gasteiger partial charge in [0.1, 0.15) is 6.61 Å². The van der Waals surface area contributed by atoms with Crippen molar-refractivity contribution in [3.8, 4) is 17.2 Å². The Morgan fingerprint density at radius 3 is 1.93 bits per heavy atom. The number of methoxy groups -OCH3 is 3. The molecule has 0 amide bonds. The predicted molar refractivity (Wildman–Crippen MR) is 116 cm³/mol. The van der Waals surface area contributed by atoms with E-state index < -0.39 is 11.5 Å². The molecule has 0 radical (unpaired) electrons. The Bertz CT molecular complexity index is 772. The molecule has 0 saturated carbocycles. The number of rotatable bonds is 9. The molecule has 0 fully saturated rings. The summed E-state index contributed by atoms with van der Waals surface area (Å²) in [5, 5.41) is 0. The number of hydrogen-bond acceptors (Lipinski definition) is 6. The maximum atomic E-state index is 12.8. The molecule has 2 aromatic carbocycles. The van der Waals surface area contributed by atoms with Crippen molar-refractivity contribution in [2.75, 3.05) is 42.0 Å². The van der Waals surface area contributed by atoms with Crippen LogP contribution in [-0.4, -0.2) is 52.9 Å². The first-order chi connectivity index (χ1) is 13.4. The molecular weight excluding hydrogens is 394 g/mol. The highest BCUT2D eigenvalue weighted by molar-refractivity contribution is 5.91. The lowest BCUT2D eigenvalue weighted by molar-refractivity contribution is 0.0119. The summed E-state index contributed by atoms with van der Waals surface area (Å²) in [6.45, 7) is 2.30. The maximum absolute atomic E-state index is 12.8. The van der Waals surface area contributed by atoms with Crippen LogP contribution in [0.1, 0.15) is 29.3 Å². The number of carbonyl (C=O) groups excluding carboxylic acids is 1. The Morgan fingerprint density at radius 1 is 0.966 bits per heavy atom. The van der Waals surface area contributed by atoms with E-state index in [2.05, 4.69) is 24.0 Å². The highest BCUT2D eigenvalue weighted by atomic mass is 35.5. The standard InChI is InChI=1S/C22H29NO5.ClH/c1-7-22(23(2)3,17-11-9-8-10-12-17)15-28-21(24)16-13-18(25-4)20(27-6)19(14-16)26-5;/h8-14H,7,15H2,1-6H3;1H. The van der Waals surface area contributed by atoms with Crippen LogP contribution in [-0.2, 0) is 10.3 Å². The molecule has 0 aromatic heterocycles. The van der Waals surface area contributed by atoms with Crippen LogP contribution in [0.25, 0.3) is 0 Å². The number of halogens is 1. The van der Waals surface area contributed by atoms with Gasteiger partial charge in [-0.1, -0.05) is 37.3 Å². The second-order valence-corrected chi connectivity index (χ2v) is 6.64. The Hall–Kier alpha value is -2.44. The molecule has 7 heteroatoms. The minimum atomic E-state index is -0.449. The Morgan fingerprint density at radius 2 is 1.52 bits per heavy atom. The second-order valence-electron chi connectivity index (χ2n) is 6.64. The van der Waals surface area contributed by atoms with Gasteiger partial charge in [0.25, 0.3) is 0 Å². The lowest BCUT2D eigenvalue weighted by Crippen LogP contribution is -2.45. The number of carbonyl (C=O) groups is 1. The molecule has 29 heavy (non-hydrogen) atoms. The zero-order valence-corrected chi connectivity index (χ0v) is 18.7. The minimum absolute atomic E-state index is 0. The highest BCUT2D eigenvalue weighted by Crippen LogP contribution is 2.38. The zero-order chi connectivity index (χ0) is 20.7. The molecule has 1 unspecified atom stereocenters. The Labute approximate surface area is 179 Å². The molecule has 0 saturated heterocycles. The molecule has 0 heterocycles. The van der Waals surface area contributed by atoms with Crippen molar-refractivity contribution in [3.05, 3.63) is 53.6 Å². The van der Waals surface area contributed by atoms with Crippen molar-refractivity contribution < 1.29 is 23.7 Å². The number of likely N-dealkylation sites (N-methyl/N-ethyl adjacent to an activating group) is 1. The summed E-state index contributed by atoms with van der Waals surface area (Å²) in [6.07, 6.45) is 0.784. The summed E-state index contributed by atoms with van der Waals surface area (Å²) in [4.78, 5) is 14.9. The van der Waals surface area contributed by atoms with Gasteiger partial charge in [-0.25, -0.2) is 4.79 Å². The molecule has 0 bridgehead atoms. The van der Waals surface area contributed by atoms with Gasteiger partial charge in [-0.05, 0) is 38.2 Å². The summed E-state index contributed by atoms with van der Waals surface area (Å²) >= 11 is 0. The van der Waals surface area contributed by atoms with Crippen molar-refractivity contribution in [2.45, 2.75) is 18.9 Å². The molecule has 1 atom stereocenters. The van der Waals surface area contributed by atoms with Crippen LogP contribution in [0.4, 0.5) is 0 Å². The van der Waals surface area contributed by atoms with Crippen molar-refractivity contribution in [3.63, 3.8) is 0 Å². The fourth-order valence-electron chi connectivity index (χ4n) is 3.31. The summed E-state index contributed by atoms with van der Waals surface area (Å²) in [7, 11) is 8.52. The number of benzene rings is 2. The van der Waals surface area contributed by atoms with Gasteiger partial charge in [0, 0.05) is 0 Å². The lowest BCUT2D eigenvalue weighted by atomic mass is 9.87. The summed E-state index contributed by atoms with van der Waals surface area (Å²) in [5.41, 5.74) is 1.02. The normalized spacial score (nSPS) is 12.5. The largest absolute Gasteiger partial charge is 0.493 e. The molecule has 6 nitrogen and oxygen atoms in total. The highest BCUT2D eigenvalue weighted by Gasteiger charge is 2.34. The van der Waals surface area contributed by atoms with E-state index in [4.69, 9.17) is 18.9 Å². The van der Waals surface area contributed by atoms with Gasteiger partial charge in [-0.2, -0.15) is 0 Å². The van der Waals surface area contributed by atoms with E-state index >= 15 is 0 Å². The number of hydrogen-bond donors (Lipinski definition) is 0. The third-order valence-electron chi connectivity index (χ3n) is 5.09. The van der Waals surface area contributed by atoms with Crippen LogP contribution in [0.3, 0.4) is 0 Å². The van der Waals surface area contributed by atoms with Crippen LogP contribution in [0, 0.1) is 0 Å². The van der Waals surface area contributed by atoms with E-state index in [1.54, 1.807) is 12.1 Å². The van der Waals surface area contributed by atoms with Gasteiger partial charge in [0.05, 0.1) is 32.4 Å². The van der Waals surface area contributed by atoms with Gasteiger partial charge in [-0.3, -0.25) is 4.90 Å². The van der Waals surface area contributed by atoms with Crippen molar-refractivity contribution in [2.24, 2.45) is 0 Å². The van der Waals surface area contributed by atoms with Gasteiger partial charge in [0.15, 0.2) is 11.5 Å². The molecule has 2 aromatic rings. The van der Waals surface area contributed by atoms with Crippen LogP contribution < -0.4 is 14.2 Å². The molecule has 0 aliphatic rings. The zero-order valence-electron chi connectivity index (χ0n) is 17.9. The summed E-state index contributed by atoms with van der Waals surface area (Å²) in [6, 6.07) is 13.2. The molecule has 2 rings (SSSR count). The average Bonchev–Trinajstić information content (AvgIpc) is 2.73. The van der Waals surface area contributed by atoms with E-state index in [0.29, 0.717) is 22.8 Å². The van der Waals surface area contributed by atoms with Gasteiger partial charge in [-0.15, -0.1) is 12.4 Å². The van der Waals surface area contributed by atoms with Crippen molar-refractivity contribution in [1.82, 2.24) is 4.90 Å². The first-order valence-corrected chi connectivity index (χ1v) is 9.13. The van der Waals surface area contributed by atoms with Crippen molar-refractivity contribution in [1.29, 1.82) is 0 Å². The number of nitrogens with zero attached hydrogens (tertiary/aromatic N) is 1. The Kier molecular flexibility index (Phi) is 9.27. The molecular formula is C22H30ClNO5. The molecule has 0 spiro atoms. The summed E-state index contributed by atoms with van der Waals surface area (Å²) in [5.74, 6) is 0.800. The van der Waals surface area contributed by atoms with E-state index in [1.807, 2.05) is 32.3 Å². The second kappa shape index (κ2) is 10.9. The smallest absolute Gasteiger partial charge is 0.338 e. The minimum Gasteiger partial charge on any atom is -0.493 e. The predicted octanol–water partition coefficient (Wildman–Crippen LogP) is 4.16. The fourth-order valence-corrected chi connectivity index (χ4v) is 3.31. The van der Waals surface area contributed by atoms with Crippen molar-refractivity contribution >= 4 is 18.4 Å². The van der Waals surface area contributed by atoms with Crippen LogP contribution in [0.5, 0.6) is 17.2 Å². The van der Waals surface area contributed by atoms with Crippen LogP contribution >= 0.6 is 12.4 Å². The van der Waals surface area contributed by atoms with Gasteiger partial charge < -0.3 is 18.9 Å². The first kappa shape index (κ1) is 24.6.